The Kier molecular flexibility index (Phi) is 3.70. The molecule has 1 amide bonds. The number of carbonyl (C=O) groups is 2. The zero-order chi connectivity index (χ0) is 9.68. The highest BCUT2D eigenvalue weighted by Crippen LogP contribution is 2.11. The molecule has 5 heteroatoms. The topological polar surface area (TPSA) is 64.6 Å². The van der Waals surface area contributed by atoms with Crippen molar-refractivity contribution in [3.05, 3.63) is 0 Å². The van der Waals surface area contributed by atoms with Crippen molar-refractivity contribution in [1.29, 1.82) is 0 Å². The Bertz CT molecular complexity index is 198. The van der Waals surface area contributed by atoms with E-state index in [9.17, 15) is 9.59 Å². The van der Waals surface area contributed by atoms with Crippen molar-refractivity contribution in [3.63, 3.8) is 0 Å². The highest BCUT2D eigenvalue weighted by molar-refractivity contribution is 5.85. The summed E-state index contributed by atoms with van der Waals surface area (Å²) < 4.78 is 9.49. The summed E-state index contributed by atoms with van der Waals surface area (Å²) in [7, 11) is 1.28. The maximum atomic E-state index is 11.2. The predicted octanol–water partition coefficient (Wildman–Crippen LogP) is -0.545. The molecule has 5 nitrogen and oxygen atoms in total. The molecule has 0 radical (unpaired) electrons. The lowest BCUT2D eigenvalue weighted by molar-refractivity contribution is -0.142. The second-order valence-corrected chi connectivity index (χ2v) is 2.80. The van der Waals surface area contributed by atoms with Crippen molar-refractivity contribution in [2.45, 2.75) is 18.9 Å². The summed E-state index contributed by atoms with van der Waals surface area (Å²) in [6.07, 6.45) is 1.24. The number of carbonyl (C=O) groups excluding carboxylic acids is 2. The highest BCUT2D eigenvalue weighted by atomic mass is 16.5. The fourth-order valence-electron chi connectivity index (χ4n) is 1.13. The largest absolute Gasteiger partial charge is 0.468 e. The van der Waals surface area contributed by atoms with E-state index in [0.29, 0.717) is 6.61 Å². The van der Waals surface area contributed by atoms with Crippen molar-refractivity contribution >= 4 is 11.9 Å². The van der Waals surface area contributed by atoms with E-state index >= 15 is 0 Å². The monoisotopic (exact) mass is 187 g/mol. The molecule has 1 saturated heterocycles. The Morgan fingerprint density at radius 1 is 1.62 bits per heavy atom. The first-order chi connectivity index (χ1) is 6.24. The quantitative estimate of drug-likeness (QED) is 0.602. The molecule has 1 heterocycles. The first-order valence-corrected chi connectivity index (χ1v) is 4.20. The molecule has 1 fully saturated rings. The third-order valence-corrected chi connectivity index (χ3v) is 1.86. The van der Waals surface area contributed by atoms with Gasteiger partial charge in [-0.1, -0.05) is 0 Å². The van der Waals surface area contributed by atoms with Gasteiger partial charge in [0.15, 0.2) is 0 Å². The molecular formula is C8H13NO4. The molecule has 1 rings (SSSR count). The second-order valence-electron chi connectivity index (χ2n) is 2.80. The van der Waals surface area contributed by atoms with Crippen LogP contribution >= 0.6 is 0 Å². The molecule has 1 atom stereocenters. The molecule has 0 saturated carbocycles. The van der Waals surface area contributed by atoms with Crippen LogP contribution in [0.15, 0.2) is 0 Å². The summed E-state index contributed by atoms with van der Waals surface area (Å²) in [5, 5.41) is 2.44. The molecule has 0 aromatic heterocycles. The minimum Gasteiger partial charge on any atom is -0.468 e. The van der Waals surface area contributed by atoms with Crippen molar-refractivity contribution in [2.75, 3.05) is 20.3 Å². The normalized spacial score (nSPS) is 21.2. The van der Waals surface area contributed by atoms with Gasteiger partial charge in [-0.25, -0.2) is 0 Å². The van der Waals surface area contributed by atoms with Crippen molar-refractivity contribution in [3.8, 4) is 0 Å². The van der Waals surface area contributed by atoms with Crippen molar-refractivity contribution in [1.82, 2.24) is 5.32 Å². The molecule has 1 aliphatic heterocycles. The van der Waals surface area contributed by atoms with E-state index in [4.69, 9.17) is 4.74 Å². The third-order valence-electron chi connectivity index (χ3n) is 1.86. The van der Waals surface area contributed by atoms with Gasteiger partial charge in [0, 0.05) is 6.61 Å². The molecule has 0 aliphatic carbocycles. The second kappa shape index (κ2) is 4.81. The number of rotatable bonds is 3. The molecule has 1 N–H and O–H groups in total. The summed E-state index contributed by atoms with van der Waals surface area (Å²) in [6.45, 7) is 0.533. The van der Waals surface area contributed by atoms with Crippen LogP contribution in [0.2, 0.25) is 0 Å². The van der Waals surface area contributed by atoms with Crippen LogP contribution in [0.5, 0.6) is 0 Å². The summed E-state index contributed by atoms with van der Waals surface area (Å²) >= 11 is 0. The summed E-state index contributed by atoms with van der Waals surface area (Å²) in [5.41, 5.74) is 0. The van der Waals surface area contributed by atoms with Crippen LogP contribution in [0, 0.1) is 0 Å². The van der Waals surface area contributed by atoms with Crippen LogP contribution in [0.1, 0.15) is 12.8 Å². The Balaban J connectivity index is 2.20. The molecule has 0 unspecified atom stereocenters. The third kappa shape index (κ3) is 3.02. The lowest BCUT2D eigenvalue weighted by Crippen LogP contribution is -2.37. The highest BCUT2D eigenvalue weighted by Gasteiger charge is 2.23. The van der Waals surface area contributed by atoms with Gasteiger partial charge < -0.3 is 14.8 Å². The van der Waals surface area contributed by atoms with E-state index < -0.39 is 5.97 Å². The molecule has 0 bridgehead atoms. The molecule has 1 aliphatic rings. The fraction of sp³-hybridized carbons (Fsp3) is 0.750. The average molecular weight is 187 g/mol. The summed E-state index contributed by atoms with van der Waals surface area (Å²) in [4.78, 5) is 21.9. The SMILES string of the molecule is COC(=O)CNC(=O)[C@@H]1CCCO1. The van der Waals surface area contributed by atoms with Crippen LogP contribution < -0.4 is 5.32 Å². The number of methoxy groups -OCH3 is 1. The lowest BCUT2D eigenvalue weighted by atomic mass is 10.2. The summed E-state index contributed by atoms with van der Waals surface area (Å²) in [6, 6.07) is 0. The Labute approximate surface area is 76.4 Å². The minimum atomic E-state index is -0.452. The Hall–Kier alpha value is -1.10. The zero-order valence-electron chi connectivity index (χ0n) is 7.54. The van der Waals surface area contributed by atoms with E-state index in [-0.39, 0.29) is 18.6 Å². The smallest absolute Gasteiger partial charge is 0.325 e. The van der Waals surface area contributed by atoms with Gasteiger partial charge in [-0.3, -0.25) is 9.59 Å². The van der Waals surface area contributed by atoms with Crippen LogP contribution in [-0.2, 0) is 19.1 Å². The van der Waals surface area contributed by atoms with Gasteiger partial charge in [0.2, 0.25) is 5.91 Å². The Morgan fingerprint density at radius 3 is 2.92 bits per heavy atom. The number of amides is 1. The van der Waals surface area contributed by atoms with Gasteiger partial charge in [0.1, 0.15) is 12.6 Å². The van der Waals surface area contributed by atoms with E-state index in [1.165, 1.54) is 7.11 Å². The number of esters is 1. The van der Waals surface area contributed by atoms with Crippen molar-refractivity contribution in [2.24, 2.45) is 0 Å². The summed E-state index contributed by atoms with van der Waals surface area (Å²) in [5.74, 6) is -0.686. The van der Waals surface area contributed by atoms with Crippen LogP contribution in [-0.4, -0.2) is 38.2 Å². The fourth-order valence-corrected chi connectivity index (χ4v) is 1.13. The Morgan fingerprint density at radius 2 is 2.38 bits per heavy atom. The molecule has 0 spiro atoms. The van der Waals surface area contributed by atoms with Gasteiger partial charge in [0.25, 0.3) is 0 Å². The molecule has 13 heavy (non-hydrogen) atoms. The molecule has 74 valence electrons. The first-order valence-electron chi connectivity index (χ1n) is 4.20. The van der Waals surface area contributed by atoms with Gasteiger partial charge in [-0.15, -0.1) is 0 Å². The molecule has 0 aromatic rings. The van der Waals surface area contributed by atoms with E-state index in [1.54, 1.807) is 0 Å². The number of ether oxygens (including phenoxy) is 2. The predicted molar refractivity (Wildman–Crippen MR) is 44.0 cm³/mol. The zero-order valence-corrected chi connectivity index (χ0v) is 7.54. The van der Waals surface area contributed by atoms with E-state index in [2.05, 4.69) is 10.1 Å². The van der Waals surface area contributed by atoms with Gasteiger partial charge >= 0.3 is 5.97 Å². The number of hydrogen-bond acceptors (Lipinski definition) is 4. The maximum absolute atomic E-state index is 11.2. The van der Waals surface area contributed by atoms with Gasteiger partial charge in [0.05, 0.1) is 7.11 Å². The van der Waals surface area contributed by atoms with Gasteiger partial charge in [-0.2, -0.15) is 0 Å². The molecular weight excluding hydrogens is 174 g/mol. The van der Waals surface area contributed by atoms with Crippen molar-refractivity contribution < 1.29 is 19.1 Å². The van der Waals surface area contributed by atoms with Crippen LogP contribution in [0.4, 0.5) is 0 Å². The van der Waals surface area contributed by atoms with Gasteiger partial charge in [-0.05, 0) is 12.8 Å². The van der Waals surface area contributed by atoms with E-state index in [1.807, 2.05) is 0 Å². The minimum absolute atomic E-state index is 0.0881. The lowest BCUT2D eigenvalue weighted by Gasteiger charge is -2.08. The average Bonchev–Trinajstić information content (AvgIpc) is 2.66. The van der Waals surface area contributed by atoms with Crippen LogP contribution in [0.25, 0.3) is 0 Å². The maximum Gasteiger partial charge on any atom is 0.325 e. The standard InChI is InChI=1S/C8H13NO4/c1-12-7(10)5-9-8(11)6-3-2-4-13-6/h6H,2-5H2,1H3,(H,9,11)/t6-/m0/s1. The van der Waals surface area contributed by atoms with Crippen LogP contribution in [0.3, 0.4) is 0 Å². The van der Waals surface area contributed by atoms with E-state index in [0.717, 1.165) is 12.8 Å². The number of nitrogens with one attached hydrogen (secondary N) is 1. The molecule has 0 aromatic carbocycles. The first kappa shape index (κ1) is 9.98. The number of hydrogen-bond donors (Lipinski definition) is 1.